The van der Waals surface area contributed by atoms with Crippen molar-refractivity contribution in [3.63, 3.8) is 0 Å². The molecule has 3 rings (SSSR count). The Labute approximate surface area is 112 Å². The second-order valence-corrected chi connectivity index (χ2v) is 5.07. The highest BCUT2D eigenvalue weighted by Crippen LogP contribution is 2.19. The molecule has 0 aliphatic carbocycles. The number of aromatic amines is 1. The van der Waals surface area contributed by atoms with E-state index in [-0.39, 0.29) is 5.91 Å². The van der Waals surface area contributed by atoms with Crippen molar-refractivity contribution in [1.82, 2.24) is 14.9 Å². The number of carbonyl (C=O) groups excluding carboxylic acids is 1. The number of nitrogens with one attached hydrogen (secondary N) is 1. The van der Waals surface area contributed by atoms with Crippen molar-refractivity contribution in [2.75, 3.05) is 31.1 Å². The van der Waals surface area contributed by atoms with E-state index in [1.54, 1.807) is 6.92 Å². The van der Waals surface area contributed by atoms with Gasteiger partial charge >= 0.3 is 0 Å². The Morgan fingerprint density at radius 1 is 1.26 bits per heavy atom. The summed E-state index contributed by atoms with van der Waals surface area (Å²) in [6.45, 7) is 6.90. The van der Waals surface area contributed by atoms with Crippen LogP contribution in [0.25, 0.3) is 11.0 Å². The molecule has 1 aliphatic heterocycles. The number of aromatic nitrogens is 2. The SMILES string of the molecule is CC(=O)N1CCN(c2nc3ccc(C)cc3[nH]2)CC1. The van der Waals surface area contributed by atoms with Gasteiger partial charge in [0.1, 0.15) is 0 Å². The molecule has 1 aromatic heterocycles. The van der Waals surface area contributed by atoms with E-state index in [1.807, 2.05) is 11.0 Å². The second kappa shape index (κ2) is 4.57. The van der Waals surface area contributed by atoms with Crippen LogP contribution in [0.2, 0.25) is 0 Å². The molecule has 1 saturated heterocycles. The molecule has 19 heavy (non-hydrogen) atoms. The third kappa shape index (κ3) is 2.28. The summed E-state index contributed by atoms with van der Waals surface area (Å²) in [6.07, 6.45) is 0. The lowest BCUT2D eigenvalue weighted by molar-refractivity contribution is -0.129. The molecular weight excluding hydrogens is 240 g/mol. The van der Waals surface area contributed by atoms with Crippen LogP contribution < -0.4 is 4.90 Å². The maximum absolute atomic E-state index is 11.3. The zero-order chi connectivity index (χ0) is 13.4. The molecule has 1 amide bonds. The third-order valence-corrected chi connectivity index (χ3v) is 3.65. The van der Waals surface area contributed by atoms with E-state index in [4.69, 9.17) is 0 Å². The van der Waals surface area contributed by atoms with Gasteiger partial charge in [-0.1, -0.05) is 6.07 Å². The van der Waals surface area contributed by atoms with Crippen LogP contribution in [0.3, 0.4) is 0 Å². The smallest absolute Gasteiger partial charge is 0.219 e. The molecule has 0 atom stereocenters. The van der Waals surface area contributed by atoms with Gasteiger partial charge in [0.2, 0.25) is 11.9 Å². The first-order chi connectivity index (χ1) is 9.13. The summed E-state index contributed by atoms with van der Waals surface area (Å²) in [5.41, 5.74) is 3.29. The lowest BCUT2D eigenvalue weighted by Crippen LogP contribution is -2.48. The van der Waals surface area contributed by atoms with Gasteiger partial charge in [-0.2, -0.15) is 0 Å². The monoisotopic (exact) mass is 258 g/mol. The van der Waals surface area contributed by atoms with Gasteiger partial charge in [0.05, 0.1) is 11.0 Å². The highest BCUT2D eigenvalue weighted by Gasteiger charge is 2.20. The molecule has 1 aromatic carbocycles. The van der Waals surface area contributed by atoms with Gasteiger partial charge in [0.25, 0.3) is 0 Å². The Hall–Kier alpha value is -2.04. The highest BCUT2D eigenvalue weighted by molar-refractivity contribution is 5.78. The Bertz CT molecular complexity index is 611. The Balaban J connectivity index is 1.80. The van der Waals surface area contributed by atoms with E-state index < -0.39 is 0 Å². The Morgan fingerprint density at radius 3 is 2.68 bits per heavy atom. The van der Waals surface area contributed by atoms with Crippen LogP contribution in [-0.2, 0) is 4.79 Å². The maximum Gasteiger partial charge on any atom is 0.219 e. The lowest BCUT2D eigenvalue weighted by Gasteiger charge is -2.33. The quantitative estimate of drug-likeness (QED) is 0.844. The van der Waals surface area contributed by atoms with Gasteiger partial charge in [0.15, 0.2) is 0 Å². The molecule has 5 heteroatoms. The number of aryl methyl sites for hydroxylation is 1. The molecule has 5 nitrogen and oxygen atoms in total. The van der Waals surface area contributed by atoms with Gasteiger partial charge in [-0.3, -0.25) is 4.79 Å². The van der Waals surface area contributed by atoms with E-state index in [1.165, 1.54) is 5.56 Å². The number of fused-ring (bicyclic) bond motifs is 1. The number of piperazine rings is 1. The number of benzene rings is 1. The van der Waals surface area contributed by atoms with Crippen molar-refractivity contribution in [2.45, 2.75) is 13.8 Å². The molecule has 1 aliphatic rings. The average Bonchev–Trinajstić information content (AvgIpc) is 2.81. The van der Waals surface area contributed by atoms with Crippen molar-refractivity contribution in [3.8, 4) is 0 Å². The van der Waals surface area contributed by atoms with Crippen LogP contribution in [0, 0.1) is 6.92 Å². The summed E-state index contributed by atoms with van der Waals surface area (Å²) in [5, 5.41) is 0. The highest BCUT2D eigenvalue weighted by atomic mass is 16.2. The number of hydrogen-bond donors (Lipinski definition) is 1. The third-order valence-electron chi connectivity index (χ3n) is 3.65. The van der Waals surface area contributed by atoms with Gasteiger partial charge in [-0.25, -0.2) is 4.98 Å². The molecule has 100 valence electrons. The molecule has 0 bridgehead atoms. The van der Waals surface area contributed by atoms with E-state index >= 15 is 0 Å². The number of carbonyl (C=O) groups is 1. The minimum absolute atomic E-state index is 0.153. The van der Waals surface area contributed by atoms with Crippen molar-refractivity contribution in [2.24, 2.45) is 0 Å². The maximum atomic E-state index is 11.3. The van der Waals surface area contributed by atoms with Crippen molar-refractivity contribution >= 4 is 22.9 Å². The summed E-state index contributed by atoms with van der Waals surface area (Å²) >= 11 is 0. The second-order valence-electron chi connectivity index (χ2n) is 5.07. The van der Waals surface area contributed by atoms with Gasteiger partial charge in [0, 0.05) is 33.1 Å². The van der Waals surface area contributed by atoms with Gasteiger partial charge < -0.3 is 14.8 Å². The predicted octanol–water partition coefficient (Wildman–Crippen LogP) is 1.54. The molecule has 0 unspecified atom stereocenters. The number of anilines is 1. The standard InChI is InChI=1S/C14H18N4O/c1-10-3-4-12-13(9-10)16-14(15-12)18-7-5-17(6-8-18)11(2)19/h3-4,9H,5-8H2,1-2H3,(H,15,16). The largest absolute Gasteiger partial charge is 0.339 e. The van der Waals surface area contributed by atoms with Crippen LogP contribution in [-0.4, -0.2) is 47.0 Å². The van der Waals surface area contributed by atoms with Gasteiger partial charge in [-0.15, -0.1) is 0 Å². The van der Waals surface area contributed by atoms with Crippen molar-refractivity contribution in [1.29, 1.82) is 0 Å². The zero-order valence-corrected chi connectivity index (χ0v) is 11.3. The molecule has 1 N–H and O–H groups in total. The minimum Gasteiger partial charge on any atom is -0.339 e. The van der Waals surface area contributed by atoms with Crippen LogP contribution in [0.15, 0.2) is 18.2 Å². The number of imidazole rings is 1. The fourth-order valence-electron chi connectivity index (χ4n) is 2.49. The Kier molecular flexibility index (Phi) is 2.89. The zero-order valence-electron chi connectivity index (χ0n) is 11.3. The van der Waals surface area contributed by atoms with E-state index in [9.17, 15) is 4.79 Å². The predicted molar refractivity (Wildman–Crippen MR) is 75.3 cm³/mol. The fourth-order valence-corrected chi connectivity index (χ4v) is 2.49. The van der Waals surface area contributed by atoms with E-state index in [0.29, 0.717) is 0 Å². The molecule has 0 spiro atoms. The van der Waals surface area contributed by atoms with Crippen LogP contribution in [0.1, 0.15) is 12.5 Å². The van der Waals surface area contributed by atoms with Crippen LogP contribution in [0.5, 0.6) is 0 Å². The topological polar surface area (TPSA) is 52.2 Å². The van der Waals surface area contributed by atoms with Gasteiger partial charge in [-0.05, 0) is 24.6 Å². The summed E-state index contributed by atoms with van der Waals surface area (Å²) in [7, 11) is 0. The number of H-pyrrole nitrogens is 1. The summed E-state index contributed by atoms with van der Waals surface area (Å²) in [6, 6.07) is 6.22. The average molecular weight is 258 g/mol. The number of amides is 1. The first-order valence-electron chi connectivity index (χ1n) is 6.60. The van der Waals surface area contributed by atoms with E-state index in [0.717, 1.165) is 43.2 Å². The molecular formula is C14H18N4O. The van der Waals surface area contributed by atoms with Crippen molar-refractivity contribution < 1.29 is 4.79 Å². The fraction of sp³-hybridized carbons (Fsp3) is 0.429. The molecule has 2 aromatic rings. The molecule has 1 fully saturated rings. The normalized spacial score (nSPS) is 16.1. The molecule has 0 radical (unpaired) electrons. The van der Waals surface area contributed by atoms with E-state index in [2.05, 4.69) is 33.9 Å². The summed E-state index contributed by atoms with van der Waals surface area (Å²) < 4.78 is 0. The molecule has 2 heterocycles. The number of nitrogens with zero attached hydrogens (tertiary/aromatic N) is 3. The van der Waals surface area contributed by atoms with Crippen molar-refractivity contribution in [3.05, 3.63) is 23.8 Å². The lowest BCUT2D eigenvalue weighted by atomic mass is 10.2. The number of hydrogen-bond acceptors (Lipinski definition) is 3. The number of rotatable bonds is 1. The van der Waals surface area contributed by atoms with Crippen LogP contribution in [0.4, 0.5) is 5.95 Å². The Morgan fingerprint density at radius 2 is 2.00 bits per heavy atom. The summed E-state index contributed by atoms with van der Waals surface area (Å²) in [5.74, 6) is 1.06. The first-order valence-corrected chi connectivity index (χ1v) is 6.60. The molecule has 0 saturated carbocycles. The first kappa shape index (κ1) is 12.0. The minimum atomic E-state index is 0.153. The van der Waals surface area contributed by atoms with Crippen LogP contribution >= 0.6 is 0 Å². The summed E-state index contributed by atoms with van der Waals surface area (Å²) in [4.78, 5) is 23.4.